The van der Waals surface area contributed by atoms with Crippen LogP contribution >= 0.6 is 0 Å². The quantitative estimate of drug-likeness (QED) is 0.835. The molecule has 1 heterocycles. The Morgan fingerprint density at radius 2 is 2.19 bits per heavy atom. The first-order valence-electron chi connectivity index (χ1n) is 6.15. The van der Waals surface area contributed by atoms with E-state index in [1.165, 1.54) is 25.7 Å². The fraction of sp³-hybridized carbons (Fsp3) is 0.692. The summed E-state index contributed by atoms with van der Waals surface area (Å²) in [5.41, 5.74) is 6.66. The van der Waals surface area contributed by atoms with Crippen LogP contribution in [0.15, 0.2) is 10.5 Å². The molecule has 2 N–H and O–H groups in total. The van der Waals surface area contributed by atoms with Crippen molar-refractivity contribution in [3.63, 3.8) is 0 Å². The van der Waals surface area contributed by atoms with E-state index in [9.17, 15) is 0 Å². The summed E-state index contributed by atoms with van der Waals surface area (Å²) in [5.74, 6) is 2.56. The van der Waals surface area contributed by atoms with E-state index in [0.717, 1.165) is 29.6 Å². The molecule has 3 nitrogen and oxygen atoms in total. The van der Waals surface area contributed by atoms with Crippen molar-refractivity contribution in [2.75, 3.05) is 6.61 Å². The number of hydrogen-bond acceptors (Lipinski definition) is 3. The molecule has 0 aliphatic heterocycles. The molecular formula is C13H21NO2. The molecule has 90 valence electrons. The van der Waals surface area contributed by atoms with E-state index in [0.29, 0.717) is 13.2 Å². The first-order valence-corrected chi connectivity index (χ1v) is 6.15. The van der Waals surface area contributed by atoms with E-state index in [1.807, 2.05) is 13.0 Å². The normalized spacial score (nSPS) is 17.1. The average molecular weight is 223 g/mol. The second kappa shape index (κ2) is 5.51. The van der Waals surface area contributed by atoms with E-state index in [-0.39, 0.29) is 0 Å². The minimum Gasteiger partial charge on any atom is -0.465 e. The Labute approximate surface area is 97.0 Å². The summed E-state index contributed by atoms with van der Waals surface area (Å²) in [6.45, 7) is 3.98. The largest absolute Gasteiger partial charge is 0.465 e. The van der Waals surface area contributed by atoms with Crippen LogP contribution in [-0.4, -0.2) is 6.61 Å². The lowest BCUT2D eigenvalue weighted by Gasteiger charge is -2.08. The minimum absolute atomic E-state index is 0.462. The number of ether oxygens (including phenoxy) is 1. The molecule has 1 aliphatic carbocycles. The maximum Gasteiger partial charge on any atom is 0.118 e. The molecule has 1 aliphatic rings. The Morgan fingerprint density at radius 1 is 1.44 bits per heavy atom. The molecule has 1 fully saturated rings. The molecule has 0 saturated heterocycles. The van der Waals surface area contributed by atoms with Gasteiger partial charge in [-0.2, -0.15) is 0 Å². The van der Waals surface area contributed by atoms with Crippen LogP contribution in [0, 0.1) is 12.8 Å². The number of furan rings is 1. The number of hydrogen-bond donors (Lipinski definition) is 1. The van der Waals surface area contributed by atoms with Gasteiger partial charge in [0.2, 0.25) is 0 Å². The lowest BCUT2D eigenvalue weighted by atomic mass is 10.1. The van der Waals surface area contributed by atoms with Crippen molar-refractivity contribution in [3.8, 4) is 0 Å². The summed E-state index contributed by atoms with van der Waals surface area (Å²) < 4.78 is 11.2. The van der Waals surface area contributed by atoms with Crippen LogP contribution in [0.1, 0.15) is 42.8 Å². The molecular weight excluding hydrogens is 202 g/mol. The molecule has 1 aromatic heterocycles. The molecule has 0 spiro atoms. The third kappa shape index (κ3) is 2.86. The number of rotatable bonds is 5. The molecule has 16 heavy (non-hydrogen) atoms. The fourth-order valence-electron chi connectivity index (χ4n) is 2.34. The molecule has 0 radical (unpaired) electrons. The number of nitrogens with two attached hydrogens (primary N) is 1. The van der Waals surface area contributed by atoms with Crippen molar-refractivity contribution >= 4 is 0 Å². The Kier molecular flexibility index (Phi) is 4.02. The van der Waals surface area contributed by atoms with Gasteiger partial charge in [-0.25, -0.2) is 0 Å². The highest BCUT2D eigenvalue weighted by Crippen LogP contribution is 2.25. The predicted molar refractivity (Wildman–Crippen MR) is 63.0 cm³/mol. The molecule has 2 rings (SSSR count). The van der Waals surface area contributed by atoms with E-state index >= 15 is 0 Å². The molecule has 3 heteroatoms. The van der Waals surface area contributed by atoms with E-state index in [2.05, 4.69) is 0 Å². The summed E-state index contributed by atoms with van der Waals surface area (Å²) in [5, 5.41) is 0. The van der Waals surface area contributed by atoms with Crippen molar-refractivity contribution in [2.24, 2.45) is 11.7 Å². The van der Waals surface area contributed by atoms with Gasteiger partial charge in [-0.1, -0.05) is 12.8 Å². The molecule has 1 aromatic rings. The first-order chi connectivity index (χ1) is 7.79. The monoisotopic (exact) mass is 223 g/mol. The van der Waals surface area contributed by atoms with Crippen molar-refractivity contribution < 1.29 is 9.15 Å². The summed E-state index contributed by atoms with van der Waals surface area (Å²) in [6, 6.07) is 2.00. The van der Waals surface area contributed by atoms with Crippen LogP contribution in [0.25, 0.3) is 0 Å². The molecule has 0 amide bonds. The molecule has 0 atom stereocenters. The average Bonchev–Trinajstić information content (AvgIpc) is 2.89. The van der Waals surface area contributed by atoms with E-state index < -0.39 is 0 Å². The van der Waals surface area contributed by atoms with E-state index in [4.69, 9.17) is 14.9 Å². The Bertz CT molecular complexity index is 327. The van der Waals surface area contributed by atoms with Gasteiger partial charge in [0.15, 0.2) is 0 Å². The first kappa shape index (κ1) is 11.7. The van der Waals surface area contributed by atoms with Crippen molar-refractivity contribution in [3.05, 3.63) is 23.2 Å². The SMILES string of the molecule is Cc1oc(CN)cc1COCC1CCCC1. The van der Waals surface area contributed by atoms with Gasteiger partial charge in [0.05, 0.1) is 13.2 Å². The van der Waals surface area contributed by atoms with Gasteiger partial charge in [0, 0.05) is 12.2 Å². The summed E-state index contributed by atoms with van der Waals surface area (Å²) >= 11 is 0. The Hall–Kier alpha value is -0.800. The Morgan fingerprint density at radius 3 is 2.81 bits per heavy atom. The van der Waals surface area contributed by atoms with E-state index in [1.54, 1.807) is 0 Å². The van der Waals surface area contributed by atoms with Crippen molar-refractivity contribution in [1.29, 1.82) is 0 Å². The lowest BCUT2D eigenvalue weighted by molar-refractivity contribution is 0.0881. The van der Waals surface area contributed by atoms with Crippen LogP contribution < -0.4 is 5.73 Å². The third-order valence-corrected chi connectivity index (χ3v) is 3.36. The summed E-state index contributed by atoms with van der Waals surface area (Å²) in [7, 11) is 0. The van der Waals surface area contributed by atoms with Gasteiger partial charge in [-0.3, -0.25) is 0 Å². The second-order valence-corrected chi connectivity index (χ2v) is 4.66. The summed E-state index contributed by atoms with van der Waals surface area (Å²) in [6.07, 6.45) is 5.41. The number of aryl methyl sites for hydroxylation is 1. The van der Waals surface area contributed by atoms with Gasteiger partial charge in [0.25, 0.3) is 0 Å². The highest BCUT2D eigenvalue weighted by molar-refractivity contribution is 5.19. The molecule has 0 aromatic carbocycles. The van der Waals surface area contributed by atoms with Crippen LogP contribution in [0.3, 0.4) is 0 Å². The van der Waals surface area contributed by atoms with Gasteiger partial charge in [-0.05, 0) is 31.7 Å². The minimum atomic E-state index is 0.462. The van der Waals surface area contributed by atoms with Crippen molar-refractivity contribution in [1.82, 2.24) is 0 Å². The molecule has 0 unspecified atom stereocenters. The summed E-state index contributed by atoms with van der Waals surface area (Å²) in [4.78, 5) is 0. The van der Waals surface area contributed by atoms with Crippen LogP contribution in [-0.2, 0) is 17.9 Å². The standard InChI is InChI=1S/C13H21NO2/c1-10-12(6-13(7-14)16-10)9-15-8-11-4-2-3-5-11/h6,11H,2-5,7-9,14H2,1H3. The third-order valence-electron chi connectivity index (χ3n) is 3.36. The zero-order valence-corrected chi connectivity index (χ0v) is 10.00. The van der Waals surface area contributed by atoms with Crippen LogP contribution in [0.2, 0.25) is 0 Å². The van der Waals surface area contributed by atoms with Crippen molar-refractivity contribution in [2.45, 2.75) is 45.8 Å². The molecule has 1 saturated carbocycles. The highest BCUT2D eigenvalue weighted by Gasteiger charge is 2.15. The van der Waals surface area contributed by atoms with Gasteiger partial charge < -0.3 is 14.9 Å². The Balaban J connectivity index is 1.77. The van der Waals surface area contributed by atoms with Gasteiger partial charge in [-0.15, -0.1) is 0 Å². The highest BCUT2D eigenvalue weighted by atomic mass is 16.5. The lowest BCUT2D eigenvalue weighted by Crippen LogP contribution is -2.05. The topological polar surface area (TPSA) is 48.4 Å². The van der Waals surface area contributed by atoms with Crippen LogP contribution in [0.5, 0.6) is 0 Å². The maximum absolute atomic E-state index is 5.74. The van der Waals surface area contributed by atoms with Crippen LogP contribution in [0.4, 0.5) is 0 Å². The second-order valence-electron chi connectivity index (χ2n) is 4.66. The zero-order valence-electron chi connectivity index (χ0n) is 10.00. The zero-order chi connectivity index (χ0) is 11.4. The van der Waals surface area contributed by atoms with Gasteiger partial charge in [0.1, 0.15) is 11.5 Å². The molecule has 0 bridgehead atoms. The van der Waals surface area contributed by atoms with Gasteiger partial charge >= 0.3 is 0 Å². The maximum atomic E-state index is 5.74. The predicted octanol–water partition coefficient (Wildman–Crippen LogP) is 2.75. The smallest absolute Gasteiger partial charge is 0.118 e. The fourth-order valence-corrected chi connectivity index (χ4v) is 2.34.